The minimum atomic E-state index is 0.318. The largest absolute Gasteiger partial charge is 0.314 e. The molecule has 0 amide bonds. The summed E-state index contributed by atoms with van der Waals surface area (Å²) in [5, 5.41) is 3.46. The minimum Gasteiger partial charge on any atom is -0.314 e. The van der Waals surface area contributed by atoms with Crippen LogP contribution >= 0.6 is 34.5 Å². The zero-order chi connectivity index (χ0) is 20.3. The number of benzene rings is 2. The second kappa shape index (κ2) is 9.30. The fraction of sp³-hybridized carbons (Fsp3) is 0.348. The fourth-order valence-electron chi connectivity index (χ4n) is 3.22. The Bertz CT molecular complexity index is 1020. The van der Waals surface area contributed by atoms with Gasteiger partial charge in [-0.25, -0.2) is 4.99 Å². The summed E-state index contributed by atoms with van der Waals surface area (Å²) in [5.41, 5.74) is 4.26. The lowest BCUT2D eigenvalue weighted by Crippen LogP contribution is -2.20. The highest BCUT2D eigenvalue weighted by Gasteiger charge is 2.17. The molecule has 2 nitrogen and oxygen atoms in total. The van der Waals surface area contributed by atoms with Crippen molar-refractivity contribution in [3.05, 3.63) is 68.3 Å². The first kappa shape index (κ1) is 21.2. The molecule has 28 heavy (non-hydrogen) atoms. The van der Waals surface area contributed by atoms with Gasteiger partial charge in [-0.05, 0) is 62.4 Å². The Labute approximate surface area is 181 Å². The molecule has 1 aromatic heterocycles. The fourth-order valence-corrected chi connectivity index (χ4v) is 4.72. The molecular formula is C23H26Cl2N2S. The molecule has 1 atom stereocenters. The monoisotopic (exact) mass is 432 g/mol. The second-order valence-corrected chi connectivity index (χ2v) is 9.30. The van der Waals surface area contributed by atoms with Crippen LogP contribution in [0.3, 0.4) is 0 Å². The van der Waals surface area contributed by atoms with Crippen molar-refractivity contribution in [1.82, 2.24) is 4.57 Å². The molecule has 0 aliphatic carbocycles. The molecule has 0 N–H and O–H groups in total. The number of para-hydroxylation sites is 1. The zero-order valence-corrected chi connectivity index (χ0v) is 19.1. The lowest BCUT2D eigenvalue weighted by molar-refractivity contribution is 0.436. The Balaban J connectivity index is 2.15. The number of thiazole rings is 1. The normalized spacial score (nSPS) is 13.3. The van der Waals surface area contributed by atoms with Crippen molar-refractivity contribution in [2.75, 3.05) is 0 Å². The van der Waals surface area contributed by atoms with Gasteiger partial charge < -0.3 is 4.57 Å². The van der Waals surface area contributed by atoms with Crippen LogP contribution in [0.25, 0.3) is 11.3 Å². The van der Waals surface area contributed by atoms with Crippen molar-refractivity contribution in [2.24, 2.45) is 10.9 Å². The molecule has 5 heteroatoms. The van der Waals surface area contributed by atoms with E-state index in [0.717, 1.165) is 28.2 Å². The van der Waals surface area contributed by atoms with E-state index in [1.165, 1.54) is 12.0 Å². The Morgan fingerprint density at radius 3 is 2.46 bits per heavy atom. The first-order valence-corrected chi connectivity index (χ1v) is 11.3. The minimum absolute atomic E-state index is 0.318. The molecule has 0 spiro atoms. The van der Waals surface area contributed by atoms with Crippen LogP contribution in [-0.4, -0.2) is 4.57 Å². The Morgan fingerprint density at radius 2 is 1.79 bits per heavy atom. The molecule has 3 rings (SSSR count). The van der Waals surface area contributed by atoms with Crippen LogP contribution in [0, 0.1) is 12.8 Å². The van der Waals surface area contributed by atoms with Gasteiger partial charge >= 0.3 is 0 Å². The molecular weight excluding hydrogens is 407 g/mol. The maximum absolute atomic E-state index is 6.54. The van der Waals surface area contributed by atoms with Crippen LogP contribution in [0.15, 0.2) is 52.8 Å². The molecule has 0 saturated carbocycles. The van der Waals surface area contributed by atoms with Gasteiger partial charge in [-0.2, -0.15) is 0 Å². The van der Waals surface area contributed by atoms with E-state index in [-0.39, 0.29) is 0 Å². The molecule has 0 aliphatic heterocycles. The smallest absolute Gasteiger partial charge is 0.190 e. The molecule has 1 heterocycles. The maximum atomic E-state index is 6.54. The van der Waals surface area contributed by atoms with Crippen LogP contribution in [0.4, 0.5) is 5.69 Å². The lowest BCUT2D eigenvalue weighted by Gasteiger charge is -2.19. The van der Waals surface area contributed by atoms with E-state index in [0.29, 0.717) is 22.0 Å². The summed E-state index contributed by atoms with van der Waals surface area (Å²) in [4.78, 5) is 5.99. The van der Waals surface area contributed by atoms with E-state index in [2.05, 4.69) is 49.8 Å². The van der Waals surface area contributed by atoms with Crippen molar-refractivity contribution >= 4 is 40.2 Å². The number of aromatic nitrogens is 1. The van der Waals surface area contributed by atoms with E-state index in [4.69, 9.17) is 28.2 Å². The third kappa shape index (κ3) is 4.89. The quantitative estimate of drug-likeness (QED) is 0.374. The summed E-state index contributed by atoms with van der Waals surface area (Å²) in [6.45, 7) is 8.89. The van der Waals surface area contributed by atoms with Gasteiger partial charge in [-0.1, -0.05) is 55.2 Å². The van der Waals surface area contributed by atoms with Gasteiger partial charge in [0.1, 0.15) is 0 Å². The highest BCUT2D eigenvalue weighted by Crippen LogP contribution is 2.33. The third-order valence-corrected chi connectivity index (χ3v) is 6.27. The first-order valence-electron chi connectivity index (χ1n) is 9.62. The van der Waals surface area contributed by atoms with E-state index in [1.807, 2.05) is 24.3 Å². The Morgan fingerprint density at radius 1 is 1.04 bits per heavy atom. The van der Waals surface area contributed by atoms with Crippen molar-refractivity contribution < 1.29 is 0 Å². The predicted octanol–water partition coefficient (Wildman–Crippen LogP) is 8.06. The van der Waals surface area contributed by atoms with Crippen molar-refractivity contribution in [1.29, 1.82) is 0 Å². The van der Waals surface area contributed by atoms with E-state index >= 15 is 0 Å². The number of hydrogen-bond donors (Lipinski definition) is 0. The van der Waals surface area contributed by atoms with Gasteiger partial charge in [0.15, 0.2) is 4.80 Å². The number of rotatable bonds is 6. The molecule has 148 valence electrons. The van der Waals surface area contributed by atoms with Gasteiger partial charge in [0, 0.05) is 22.0 Å². The van der Waals surface area contributed by atoms with Crippen molar-refractivity contribution in [2.45, 2.75) is 46.6 Å². The van der Waals surface area contributed by atoms with E-state index in [9.17, 15) is 0 Å². The van der Waals surface area contributed by atoms with Gasteiger partial charge in [0.25, 0.3) is 0 Å². The number of nitrogens with zero attached hydrogens (tertiary/aromatic N) is 2. The van der Waals surface area contributed by atoms with Crippen molar-refractivity contribution in [3.63, 3.8) is 0 Å². The van der Waals surface area contributed by atoms with Crippen LogP contribution in [0.5, 0.6) is 0 Å². The summed E-state index contributed by atoms with van der Waals surface area (Å²) < 4.78 is 2.33. The Kier molecular flexibility index (Phi) is 7.03. The predicted molar refractivity (Wildman–Crippen MR) is 123 cm³/mol. The summed E-state index contributed by atoms with van der Waals surface area (Å²) in [5.74, 6) is 0.668. The molecule has 0 radical (unpaired) electrons. The van der Waals surface area contributed by atoms with E-state index < -0.39 is 0 Å². The van der Waals surface area contributed by atoms with Gasteiger partial charge in [0.2, 0.25) is 0 Å². The van der Waals surface area contributed by atoms with Crippen LogP contribution < -0.4 is 4.80 Å². The third-order valence-electron chi connectivity index (χ3n) is 4.88. The highest BCUT2D eigenvalue weighted by molar-refractivity contribution is 7.07. The van der Waals surface area contributed by atoms with E-state index in [1.54, 1.807) is 17.4 Å². The lowest BCUT2D eigenvalue weighted by atomic mass is 10.0. The summed E-state index contributed by atoms with van der Waals surface area (Å²) in [7, 11) is 0. The maximum Gasteiger partial charge on any atom is 0.190 e. The summed E-state index contributed by atoms with van der Waals surface area (Å²) in [6, 6.07) is 14.2. The molecule has 0 aliphatic rings. The van der Waals surface area contributed by atoms with Crippen molar-refractivity contribution in [3.8, 4) is 11.3 Å². The number of halogens is 2. The molecule has 0 fully saturated rings. The van der Waals surface area contributed by atoms with Gasteiger partial charge in [-0.15, -0.1) is 11.3 Å². The second-order valence-electron chi connectivity index (χ2n) is 7.62. The summed E-state index contributed by atoms with van der Waals surface area (Å²) >= 11 is 14.3. The topological polar surface area (TPSA) is 17.3 Å². The molecule has 0 saturated heterocycles. The molecule has 1 unspecified atom stereocenters. The highest BCUT2D eigenvalue weighted by atomic mass is 35.5. The zero-order valence-electron chi connectivity index (χ0n) is 16.7. The average Bonchev–Trinajstić information content (AvgIpc) is 3.05. The SMILES string of the molecule is Cc1ccccc1N=c1scc(-c2ccc(Cl)cc2Cl)n1C(C)CCC(C)C. The first-order chi connectivity index (χ1) is 13.4. The number of aryl methyl sites for hydroxylation is 1. The molecule has 0 bridgehead atoms. The average molecular weight is 433 g/mol. The molecule has 3 aromatic rings. The molecule has 2 aromatic carbocycles. The standard InChI is InChI=1S/C23H26Cl2N2S/c1-15(2)9-10-17(4)27-22(19-12-11-18(24)13-20(19)25)14-28-23(27)26-21-8-6-5-7-16(21)3/h5-8,11-15,17H,9-10H2,1-4H3. The van der Waals surface area contributed by atoms with Gasteiger partial charge in [-0.3, -0.25) is 0 Å². The summed E-state index contributed by atoms with van der Waals surface area (Å²) in [6.07, 6.45) is 2.26. The van der Waals surface area contributed by atoms with Crippen LogP contribution in [-0.2, 0) is 0 Å². The van der Waals surface area contributed by atoms with Crippen LogP contribution in [0.2, 0.25) is 10.0 Å². The van der Waals surface area contributed by atoms with Crippen LogP contribution in [0.1, 0.15) is 45.2 Å². The number of hydrogen-bond acceptors (Lipinski definition) is 2. The van der Waals surface area contributed by atoms with Gasteiger partial charge in [0.05, 0.1) is 16.4 Å². The Hall–Kier alpha value is -1.55.